The Morgan fingerprint density at radius 1 is 1.36 bits per heavy atom. The first-order valence-electron chi connectivity index (χ1n) is 8.00. The number of likely N-dealkylation sites (tertiary alicyclic amines) is 1. The minimum atomic E-state index is -0.501. The summed E-state index contributed by atoms with van der Waals surface area (Å²) >= 11 is 0. The maximum atomic E-state index is 12.2. The number of carbonyl (C=O) groups is 2. The molecule has 1 aromatic heterocycles. The van der Waals surface area contributed by atoms with Crippen molar-refractivity contribution in [3.8, 4) is 0 Å². The third-order valence-electron chi connectivity index (χ3n) is 3.53. The maximum absolute atomic E-state index is 12.2. The second kappa shape index (κ2) is 9.22. The van der Waals surface area contributed by atoms with E-state index in [0.717, 1.165) is 12.8 Å². The van der Waals surface area contributed by atoms with Crippen LogP contribution in [0, 0.1) is 6.20 Å². The molecule has 0 saturated carbocycles. The van der Waals surface area contributed by atoms with E-state index in [1.807, 2.05) is 20.8 Å². The molecule has 1 N–H and O–H groups in total. The van der Waals surface area contributed by atoms with Crippen molar-refractivity contribution in [2.24, 2.45) is 0 Å². The van der Waals surface area contributed by atoms with E-state index < -0.39 is 11.6 Å². The molecular formula is C17H24AuN3O4. The summed E-state index contributed by atoms with van der Waals surface area (Å²) in [5.74, 6) is -0.494. The van der Waals surface area contributed by atoms with Gasteiger partial charge in [-0.3, -0.25) is 4.79 Å². The predicted molar refractivity (Wildman–Crippen MR) is 88.9 cm³/mol. The number of carbonyl (C=O) groups excluding carboxylic acids is 2. The Labute approximate surface area is 164 Å². The van der Waals surface area contributed by atoms with Crippen LogP contribution in [0.4, 0.5) is 10.5 Å². The van der Waals surface area contributed by atoms with Gasteiger partial charge in [0, 0.05) is 24.8 Å². The van der Waals surface area contributed by atoms with Gasteiger partial charge in [0.05, 0.1) is 7.11 Å². The van der Waals surface area contributed by atoms with Crippen LogP contribution in [0.5, 0.6) is 0 Å². The minimum Gasteiger partial charge on any atom is -0.474 e. The third-order valence-corrected chi connectivity index (χ3v) is 3.53. The Hall–Kier alpha value is -1.57. The van der Waals surface area contributed by atoms with Crippen LogP contribution in [0.15, 0.2) is 12.1 Å². The first-order valence-corrected chi connectivity index (χ1v) is 8.00. The molecule has 0 aromatic carbocycles. The molecule has 1 fully saturated rings. The Bertz CT molecular complexity index is 587. The Morgan fingerprint density at radius 3 is 2.64 bits per heavy atom. The number of nitrogens with one attached hydrogen (secondary N) is 1. The second-order valence-corrected chi connectivity index (χ2v) is 6.76. The van der Waals surface area contributed by atoms with Crippen molar-refractivity contribution < 1.29 is 41.4 Å². The van der Waals surface area contributed by atoms with E-state index >= 15 is 0 Å². The van der Waals surface area contributed by atoms with Gasteiger partial charge < -0.3 is 24.7 Å². The number of pyridine rings is 1. The largest absolute Gasteiger partial charge is 1.00 e. The van der Waals surface area contributed by atoms with Crippen molar-refractivity contribution in [2.75, 3.05) is 25.5 Å². The van der Waals surface area contributed by atoms with Gasteiger partial charge in [-0.2, -0.15) is 0 Å². The topological polar surface area (TPSA) is 80.8 Å². The van der Waals surface area contributed by atoms with Gasteiger partial charge in [-0.1, -0.05) is 11.9 Å². The van der Waals surface area contributed by atoms with Crippen molar-refractivity contribution in [1.82, 2.24) is 9.88 Å². The Kier molecular flexibility index (Phi) is 7.92. The van der Waals surface area contributed by atoms with Crippen LogP contribution in [0.1, 0.15) is 44.1 Å². The van der Waals surface area contributed by atoms with Gasteiger partial charge in [0.1, 0.15) is 5.60 Å². The van der Waals surface area contributed by atoms with Gasteiger partial charge in [-0.05, 0) is 33.6 Å². The summed E-state index contributed by atoms with van der Waals surface area (Å²) in [5.41, 5.74) is 0.388. The van der Waals surface area contributed by atoms with Crippen LogP contribution in [0.3, 0.4) is 0 Å². The number of hydrogen-bond donors (Lipinski definition) is 1. The second-order valence-electron chi connectivity index (χ2n) is 6.76. The summed E-state index contributed by atoms with van der Waals surface area (Å²) in [7, 11) is 1.31. The van der Waals surface area contributed by atoms with Crippen molar-refractivity contribution in [3.63, 3.8) is 0 Å². The van der Waals surface area contributed by atoms with Crippen molar-refractivity contribution >= 4 is 17.7 Å². The van der Waals surface area contributed by atoms with Crippen LogP contribution < -0.4 is 5.32 Å². The molecule has 1 aliphatic heterocycles. The average molecular weight is 531 g/mol. The monoisotopic (exact) mass is 531 g/mol. The molecule has 25 heavy (non-hydrogen) atoms. The SMILES string of the molecule is COC(=O)c1ccc(N[C@@H]2CCCN(C(=O)OC(C)(C)C)C2)[c-]n1.[Au+]. The van der Waals surface area contributed by atoms with Gasteiger partial charge >= 0.3 is 28.5 Å². The zero-order valence-electron chi connectivity index (χ0n) is 14.9. The molecule has 0 unspecified atom stereocenters. The first-order chi connectivity index (χ1) is 11.3. The summed E-state index contributed by atoms with van der Waals surface area (Å²) < 4.78 is 10.0. The number of nitrogens with zero attached hydrogens (tertiary/aromatic N) is 2. The molecule has 1 amide bonds. The molecule has 1 aromatic rings. The molecule has 1 saturated heterocycles. The summed E-state index contributed by atoms with van der Waals surface area (Å²) in [6.45, 7) is 6.81. The number of esters is 1. The zero-order chi connectivity index (χ0) is 17.7. The van der Waals surface area contributed by atoms with Crippen molar-refractivity contribution in [2.45, 2.75) is 45.3 Å². The fourth-order valence-corrected chi connectivity index (χ4v) is 2.46. The van der Waals surface area contributed by atoms with Crippen molar-refractivity contribution in [3.05, 3.63) is 24.0 Å². The quantitative estimate of drug-likeness (QED) is 0.367. The number of ether oxygens (including phenoxy) is 2. The van der Waals surface area contributed by atoms with E-state index in [0.29, 0.717) is 18.8 Å². The van der Waals surface area contributed by atoms with Gasteiger partial charge in [0.25, 0.3) is 5.97 Å². The number of hydrogen-bond acceptors (Lipinski definition) is 6. The zero-order valence-corrected chi connectivity index (χ0v) is 17.1. The molecule has 0 radical (unpaired) electrons. The van der Waals surface area contributed by atoms with E-state index in [9.17, 15) is 9.59 Å². The molecule has 1 aliphatic rings. The smallest absolute Gasteiger partial charge is 0.474 e. The molecule has 7 nitrogen and oxygen atoms in total. The molecule has 0 spiro atoms. The van der Waals surface area contributed by atoms with E-state index in [2.05, 4.69) is 21.2 Å². The molecule has 1 atom stereocenters. The molecule has 2 rings (SSSR count). The number of aromatic nitrogens is 1. The molecule has 8 heteroatoms. The van der Waals surface area contributed by atoms with E-state index in [1.165, 1.54) is 7.11 Å². The van der Waals surface area contributed by atoms with Crippen LogP contribution in [-0.2, 0) is 31.9 Å². The number of rotatable bonds is 3. The number of anilines is 1. The van der Waals surface area contributed by atoms with Crippen LogP contribution in [0.2, 0.25) is 0 Å². The van der Waals surface area contributed by atoms with Gasteiger partial charge in [0.15, 0.2) is 0 Å². The average Bonchev–Trinajstić information content (AvgIpc) is 2.53. The fourth-order valence-electron chi connectivity index (χ4n) is 2.46. The molecular weight excluding hydrogens is 507 g/mol. The maximum Gasteiger partial charge on any atom is 1.00 e. The number of methoxy groups -OCH3 is 1. The van der Waals surface area contributed by atoms with Gasteiger partial charge in [0.2, 0.25) is 0 Å². The van der Waals surface area contributed by atoms with E-state index in [-0.39, 0.29) is 40.2 Å². The standard InChI is InChI=1S/C17H24N3O4.Au/c1-17(2,3)24-16(22)20-9-5-6-13(11-20)19-12-7-8-14(18-10-12)15(21)23-4;/h7-8,13,19H,5-6,9,11H2,1-4H3;/q-1;+1/t13-;/m1./s1. The van der Waals surface area contributed by atoms with Crippen LogP contribution in [-0.4, -0.2) is 53.8 Å². The molecule has 0 aliphatic carbocycles. The van der Waals surface area contributed by atoms with Gasteiger partial charge in [-0.15, -0.1) is 12.1 Å². The summed E-state index contributed by atoms with van der Waals surface area (Å²) in [4.78, 5) is 29.2. The summed E-state index contributed by atoms with van der Waals surface area (Å²) in [6.07, 6.45) is 4.32. The first kappa shape index (κ1) is 21.5. The van der Waals surface area contributed by atoms with Crippen LogP contribution >= 0.6 is 0 Å². The minimum absolute atomic E-state index is 0. The van der Waals surface area contributed by atoms with Gasteiger partial charge in [-0.25, -0.2) is 4.79 Å². The number of amides is 1. The molecule has 2 heterocycles. The normalized spacial score (nSPS) is 17.3. The summed E-state index contributed by atoms with van der Waals surface area (Å²) in [5, 5.41) is 3.29. The molecule has 0 bridgehead atoms. The molecule has 142 valence electrons. The van der Waals surface area contributed by atoms with E-state index in [4.69, 9.17) is 4.74 Å². The number of piperidine rings is 1. The Balaban J connectivity index is 0.00000312. The summed E-state index contributed by atoms with van der Waals surface area (Å²) in [6, 6.07) is 3.40. The predicted octanol–water partition coefficient (Wildman–Crippen LogP) is 2.48. The Morgan fingerprint density at radius 2 is 2.08 bits per heavy atom. The van der Waals surface area contributed by atoms with E-state index in [1.54, 1.807) is 17.0 Å². The fraction of sp³-hybridized carbons (Fsp3) is 0.588. The third kappa shape index (κ3) is 6.68. The van der Waals surface area contributed by atoms with Crippen LogP contribution in [0.25, 0.3) is 0 Å². The van der Waals surface area contributed by atoms with Crippen molar-refractivity contribution in [1.29, 1.82) is 0 Å².